The van der Waals surface area contributed by atoms with Crippen molar-refractivity contribution in [2.45, 2.75) is 6.92 Å². The Morgan fingerprint density at radius 1 is 1.38 bits per heavy atom. The lowest BCUT2D eigenvalue weighted by molar-refractivity contribution is 0.0594. The minimum absolute atomic E-state index is 0.356. The molecule has 0 radical (unpaired) electrons. The molecule has 0 aliphatic carbocycles. The summed E-state index contributed by atoms with van der Waals surface area (Å²) in [6.07, 6.45) is 0. The largest absolute Gasteiger partial charge is 0.464 e. The van der Waals surface area contributed by atoms with Gasteiger partial charge in [-0.25, -0.2) is 9.78 Å². The van der Waals surface area contributed by atoms with Gasteiger partial charge in [-0.05, 0) is 53.3 Å². The second kappa shape index (κ2) is 4.37. The molecule has 3 nitrogen and oxygen atoms in total. The Morgan fingerprint density at radius 3 is 2.81 bits per heavy atom. The van der Waals surface area contributed by atoms with Gasteiger partial charge in [0.25, 0.3) is 0 Å². The molecule has 0 unspecified atom stereocenters. The molecule has 2 rings (SSSR count). The predicted octanol–water partition coefficient (Wildman–Crippen LogP) is 2.93. The fourth-order valence-electron chi connectivity index (χ4n) is 1.58. The molecule has 0 amide bonds. The highest BCUT2D eigenvalue weighted by Gasteiger charge is 2.10. The van der Waals surface area contributed by atoms with Crippen molar-refractivity contribution in [3.05, 3.63) is 39.1 Å². The number of nitrogens with zero attached hydrogens (tertiary/aromatic N) is 1. The number of fused-ring (bicyclic) bond motifs is 1. The number of aromatic nitrogens is 1. The van der Waals surface area contributed by atoms with Crippen LogP contribution in [-0.4, -0.2) is 18.1 Å². The number of carbonyl (C=O) groups excluding carboxylic acids is 1. The van der Waals surface area contributed by atoms with Crippen molar-refractivity contribution in [2.24, 2.45) is 0 Å². The van der Waals surface area contributed by atoms with E-state index in [1.807, 2.05) is 25.1 Å². The molecule has 0 bridgehead atoms. The molecule has 0 saturated heterocycles. The summed E-state index contributed by atoms with van der Waals surface area (Å²) in [5, 5.41) is 1.06. The van der Waals surface area contributed by atoms with Crippen LogP contribution in [0.3, 0.4) is 0 Å². The normalized spacial score (nSPS) is 10.4. The Balaban J connectivity index is 2.69. The zero-order valence-electron chi connectivity index (χ0n) is 8.95. The number of rotatable bonds is 1. The van der Waals surface area contributed by atoms with Crippen LogP contribution in [0.4, 0.5) is 0 Å². The number of esters is 1. The maximum Gasteiger partial charge on any atom is 0.356 e. The van der Waals surface area contributed by atoms with Crippen LogP contribution in [0.1, 0.15) is 16.1 Å². The fraction of sp³-hybridized carbons (Fsp3) is 0.167. The van der Waals surface area contributed by atoms with Crippen LogP contribution in [-0.2, 0) is 4.74 Å². The van der Waals surface area contributed by atoms with E-state index < -0.39 is 5.97 Å². The van der Waals surface area contributed by atoms with E-state index in [1.165, 1.54) is 7.11 Å². The molecule has 1 heterocycles. The molecule has 0 aliphatic heterocycles. The van der Waals surface area contributed by atoms with Crippen LogP contribution in [0.25, 0.3) is 10.9 Å². The van der Waals surface area contributed by atoms with E-state index >= 15 is 0 Å². The van der Waals surface area contributed by atoms with Gasteiger partial charge >= 0.3 is 5.97 Å². The highest BCUT2D eigenvalue weighted by molar-refractivity contribution is 14.1. The lowest BCUT2D eigenvalue weighted by Gasteiger charge is -2.05. The molecule has 82 valence electrons. The number of halogens is 1. The van der Waals surface area contributed by atoms with Gasteiger partial charge in [0.05, 0.1) is 12.6 Å². The monoisotopic (exact) mass is 327 g/mol. The van der Waals surface area contributed by atoms with E-state index in [2.05, 4.69) is 32.3 Å². The van der Waals surface area contributed by atoms with Crippen LogP contribution in [0.15, 0.2) is 24.3 Å². The SMILES string of the molecule is COC(=O)c1cc(C)c2ccc(I)cc2n1. The minimum Gasteiger partial charge on any atom is -0.464 e. The van der Waals surface area contributed by atoms with Gasteiger partial charge in [0, 0.05) is 8.96 Å². The number of benzene rings is 1. The van der Waals surface area contributed by atoms with E-state index in [9.17, 15) is 4.79 Å². The second-order valence-corrected chi connectivity index (χ2v) is 4.72. The van der Waals surface area contributed by atoms with Gasteiger partial charge in [-0.2, -0.15) is 0 Å². The average molecular weight is 327 g/mol. The predicted molar refractivity (Wildman–Crippen MR) is 70.5 cm³/mol. The Kier molecular flexibility index (Phi) is 3.09. The summed E-state index contributed by atoms with van der Waals surface area (Å²) in [5.41, 5.74) is 2.21. The van der Waals surface area contributed by atoms with Crippen molar-refractivity contribution in [3.8, 4) is 0 Å². The third-order valence-corrected chi connectivity index (χ3v) is 3.04. The standard InChI is InChI=1S/C12H10INO2/c1-7-5-11(12(15)16-2)14-10-6-8(13)3-4-9(7)10/h3-6H,1-2H3. The smallest absolute Gasteiger partial charge is 0.356 e. The second-order valence-electron chi connectivity index (χ2n) is 3.48. The van der Waals surface area contributed by atoms with Crippen LogP contribution >= 0.6 is 22.6 Å². The zero-order valence-corrected chi connectivity index (χ0v) is 11.1. The summed E-state index contributed by atoms with van der Waals surface area (Å²) in [6, 6.07) is 7.74. The first-order valence-electron chi connectivity index (χ1n) is 4.77. The molecule has 16 heavy (non-hydrogen) atoms. The summed E-state index contributed by atoms with van der Waals surface area (Å²) < 4.78 is 5.76. The van der Waals surface area contributed by atoms with E-state index in [4.69, 9.17) is 0 Å². The lowest BCUT2D eigenvalue weighted by atomic mass is 10.1. The lowest BCUT2D eigenvalue weighted by Crippen LogP contribution is -2.05. The molecular formula is C12H10INO2. The Bertz CT molecular complexity index is 566. The van der Waals surface area contributed by atoms with Gasteiger partial charge in [-0.1, -0.05) is 6.07 Å². The molecule has 0 spiro atoms. The van der Waals surface area contributed by atoms with Crippen molar-refractivity contribution >= 4 is 39.5 Å². The summed E-state index contributed by atoms with van der Waals surface area (Å²) in [6.45, 7) is 1.96. The van der Waals surface area contributed by atoms with Crippen molar-refractivity contribution in [1.29, 1.82) is 0 Å². The number of carbonyl (C=O) groups is 1. The summed E-state index contributed by atoms with van der Waals surface area (Å²) >= 11 is 2.22. The summed E-state index contributed by atoms with van der Waals surface area (Å²) in [4.78, 5) is 15.7. The number of ether oxygens (including phenoxy) is 1. The quantitative estimate of drug-likeness (QED) is 0.597. The zero-order chi connectivity index (χ0) is 11.7. The van der Waals surface area contributed by atoms with E-state index in [0.29, 0.717) is 5.69 Å². The maximum atomic E-state index is 11.4. The van der Waals surface area contributed by atoms with Crippen molar-refractivity contribution in [3.63, 3.8) is 0 Å². The topological polar surface area (TPSA) is 39.2 Å². The van der Waals surface area contributed by atoms with Gasteiger partial charge in [0.1, 0.15) is 5.69 Å². The fourth-order valence-corrected chi connectivity index (χ4v) is 2.06. The summed E-state index contributed by atoms with van der Waals surface area (Å²) in [7, 11) is 1.36. The van der Waals surface area contributed by atoms with Gasteiger partial charge in [0.2, 0.25) is 0 Å². The van der Waals surface area contributed by atoms with E-state index in [1.54, 1.807) is 6.07 Å². The average Bonchev–Trinajstić information content (AvgIpc) is 2.27. The van der Waals surface area contributed by atoms with Crippen molar-refractivity contribution in [1.82, 2.24) is 4.98 Å². The molecule has 0 saturated carbocycles. The van der Waals surface area contributed by atoms with Crippen LogP contribution in [0, 0.1) is 10.5 Å². The first-order chi connectivity index (χ1) is 7.61. The van der Waals surface area contributed by atoms with Gasteiger partial charge in [-0.15, -0.1) is 0 Å². The Labute approximate surface area is 107 Å². The van der Waals surface area contributed by atoms with Crippen molar-refractivity contribution in [2.75, 3.05) is 7.11 Å². The molecule has 0 atom stereocenters. The maximum absolute atomic E-state index is 11.4. The molecule has 1 aromatic carbocycles. The van der Waals surface area contributed by atoms with Gasteiger partial charge in [0.15, 0.2) is 0 Å². The molecule has 0 aliphatic rings. The molecular weight excluding hydrogens is 317 g/mol. The number of pyridine rings is 1. The minimum atomic E-state index is -0.399. The van der Waals surface area contributed by atoms with Crippen LogP contribution < -0.4 is 0 Å². The molecule has 4 heteroatoms. The summed E-state index contributed by atoms with van der Waals surface area (Å²) in [5.74, 6) is -0.399. The number of hydrogen-bond acceptors (Lipinski definition) is 3. The molecule has 0 fully saturated rings. The van der Waals surface area contributed by atoms with Crippen LogP contribution in [0.5, 0.6) is 0 Å². The van der Waals surface area contributed by atoms with E-state index in [-0.39, 0.29) is 0 Å². The highest BCUT2D eigenvalue weighted by Crippen LogP contribution is 2.20. The first-order valence-corrected chi connectivity index (χ1v) is 5.85. The first kappa shape index (κ1) is 11.3. The third kappa shape index (κ3) is 2.02. The molecule has 0 N–H and O–H groups in total. The van der Waals surface area contributed by atoms with Gasteiger partial charge in [-0.3, -0.25) is 0 Å². The Hall–Kier alpha value is -1.17. The number of hydrogen-bond donors (Lipinski definition) is 0. The highest BCUT2D eigenvalue weighted by atomic mass is 127. The van der Waals surface area contributed by atoms with Gasteiger partial charge < -0.3 is 4.74 Å². The molecule has 1 aromatic heterocycles. The Morgan fingerprint density at radius 2 is 2.12 bits per heavy atom. The van der Waals surface area contributed by atoms with E-state index in [0.717, 1.165) is 20.0 Å². The van der Waals surface area contributed by atoms with Crippen LogP contribution in [0.2, 0.25) is 0 Å². The number of methoxy groups -OCH3 is 1. The van der Waals surface area contributed by atoms with Crippen molar-refractivity contribution < 1.29 is 9.53 Å². The number of aryl methyl sites for hydroxylation is 1. The third-order valence-electron chi connectivity index (χ3n) is 2.37. The molecule has 2 aromatic rings.